The van der Waals surface area contributed by atoms with Gasteiger partial charge in [0.25, 0.3) is 11.6 Å². The second-order valence-electron chi connectivity index (χ2n) is 7.37. The molecule has 1 fully saturated rings. The molecule has 0 radical (unpaired) electrons. The van der Waals surface area contributed by atoms with E-state index >= 15 is 0 Å². The van der Waals surface area contributed by atoms with Gasteiger partial charge < -0.3 is 19.9 Å². The molecule has 0 aliphatic carbocycles. The van der Waals surface area contributed by atoms with Gasteiger partial charge in [-0.15, -0.1) is 0 Å². The van der Waals surface area contributed by atoms with Gasteiger partial charge >= 0.3 is 5.97 Å². The third-order valence-electron chi connectivity index (χ3n) is 5.32. The number of nitrogens with one attached hydrogen (secondary N) is 1. The Hall–Kier alpha value is -4.14. The van der Waals surface area contributed by atoms with E-state index in [4.69, 9.17) is 0 Å². The lowest BCUT2D eigenvalue weighted by atomic mass is 10.00. The van der Waals surface area contributed by atoms with Crippen molar-refractivity contribution in [2.24, 2.45) is 0 Å². The number of carbonyl (C=O) groups is 2. The van der Waals surface area contributed by atoms with Gasteiger partial charge in [-0.05, 0) is 36.8 Å². The summed E-state index contributed by atoms with van der Waals surface area (Å²) in [6.07, 6.45) is 3.58. The first-order valence-electron chi connectivity index (χ1n) is 9.66. The summed E-state index contributed by atoms with van der Waals surface area (Å²) in [5, 5.41) is 23.7. The average molecular weight is 420 g/mol. The largest absolute Gasteiger partial charge is 0.478 e. The first-order valence-corrected chi connectivity index (χ1v) is 9.66. The first-order chi connectivity index (χ1) is 14.9. The number of rotatable bonds is 6. The predicted octanol–water partition coefficient (Wildman–Crippen LogP) is 3.01. The standard InChI is InChI=1S/C22H20N4O5/c1-14-8-9-17(22(28)29)20(24-10-4-5-11-24)19(14)25-12-15(13-25)23-21(27)16-6-2-3-7-18(16)26(30)31/h2-11,15H,12-13H2,1H3,(H,23,27)(H,28,29). The van der Waals surface area contributed by atoms with Crippen LogP contribution in [-0.2, 0) is 0 Å². The van der Waals surface area contributed by atoms with E-state index in [1.807, 2.05) is 24.0 Å². The van der Waals surface area contributed by atoms with Gasteiger partial charge in [-0.25, -0.2) is 4.79 Å². The molecule has 1 saturated heterocycles. The van der Waals surface area contributed by atoms with E-state index in [0.717, 1.165) is 11.3 Å². The van der Waals surface area contributed by atoms with E-state index in [0.29, 0.717) is 18.8 Å². The smallest absolute Gasteiger partial charge is 0.337 e. The molecular formula is C22H20N4O5. The number of aromatic carboxylic acids is 1. The van der Waals surface area contributed by atoms with Crippen LogP contribution in [0.25, 0.3) is 5.69 Å². The van der Waals surface area contributed by atoms with Crippen molar-refractivity contribution in [1.29, 1.82) is 0 Å². The number of nitrogens with zero attached hydrogens (tertiary/aromatic N) is 3. The first kappa shape index (κ1) is 20.1. The van der Waals surface area contributed by atoms with Crippen molar-refractivity contribution in [3.63, 3.8) is 0 Å². The normalized spacial score (nSPS) is 13.5. The maximum Gasteiger partial charge on any atom is 0.337 e. The van der Waals surface area contributed by atoms with Gasteiger partial charge in [0.2, 0.25) is 0 Å². The fourth-order valence-electron chi connectivity index (χ4n) is 3.84. The Bertz CT molecular complexity index is 1170. The van der Waals surface area contributed by atoms with Crippen molar-refractivity contribution in [2.45, 2.75) is 13.0 Å². The molecule has 2 heterocycles. The molecule has 0 unspecified atom stereocenters. The molecule has 1 aliphatic heterocycles. The minimum absolute atomic E-state index is 0.0167. The zero-order valence-corrected chi connectivity index (χ0v) is 16.7. The van der Waals surface area contributed by atoms with E-state index in [1.165, 1.54) is 18.2 Å². The number of carbonyl (C=O) groups excluding carboxylic acids is 1. The fourth-order valence-corrected chi connectivity index (χ4v) is 3.84. The van der Waals surface area contributed by atoms with Crippen LogP contribution in [0.2, 0.25) is 0 Å². The van der Waals surface area contributed by atoms with E-state index in [-0.39, 0.29) is 22.9 Å². The summed E-state index contributed by atoms with van der Waals surface area (Å²) in [5.74, 6) is -1.52. The summed E-state index contributed by atoms with van der Waals surface area (Å²) < 4.78 is 1.77. The lowest BCUT2D eigenvalue weighted by Crippen LogP contribution is -2.60. The summed E-state index contributed by atoms with van der Waals surface area (Å²) in [4.78, 5) is 37.0. The Balaban J connectivity index is 1.56. The minimum atomic E-state index is -1.02. The van der Waals surface area contributed by atoms with E-state index in [1.54, 1.807) is 35.2 Å². The van der Waals surface area contributed by atoms with Crippen LogP contribution in [0.15, 0.2) is 60.9 Å². The van der Waals surface area contributed by atoms with Crippen LogP contribution in [-0.4, -0.2) is 45.6 Å². The quantitative estimate of drug-likeness (QED) is 0.468. The van der Waals surface area contributed by atoms with E-state index < -0.39 is 16.8 Å². The molecule has 3 aromatic rings. The number of hydrogen-bond acceptors (Lipinski definition) is 5. The fraction of sp³-hybridized carbons (Fsp3) is 0.182. The highest BCUT2D eigenvalue weighted by Crippen LogP contribution is 2.35. The lowest BCUT2D eigenvalue weighted by Gasteiger charge is -2.43. The number of aromatic nitrogens is 1. The minimum Gasteiger partial charge on any atom is -0.478 e. The number of benzene rings is 2. The van der Waals surface area contributed by atoms with Crippen molar-refractivity contribution in [1.82, 2.24) is 9.88 Å². The van der Waals surface area contributed by atoms with Crippen molar-refractivity contribution in [2.75, 3.05) is 18.0 Å². The maximum atomic E-state index is 12.6. The van der Waals surface area contributed by atoms with Crippen molar-refractivity contribution in [3.05, 3.63) is 87.7 Å². The topological polar surface area (TPSA) is 118 Å². The Morgan fingerprint density at radius 2 is 1.71 bits per heavy atom. The number of nitro groups is 1. The number of para-hydroxylation sites is 1. The van der Waals surface area contributed by atoms with Crippen LogP contribution in [0.3, 0.4) is 0 Å². The Morgan fingerprint density at radius 3 is 2.35 bits per heavy atom. The number of nitro benzene ring substituents is 1. The lowest BCUT2D eigenvalue weighted by molar-refractivity contribution is -0.385. The van der Waals surface area contributed by atoms with Crippen molar-refractivity contribution < 1.29 is 19.6 Å². The third-order valence-corrected chi connectivity index (χ3v) is 5.32. The number of amides is 1. The number of carboxylic acid groups (broad SMARTS) is 1. The number of hydrogen-bond donors (Lipinski definition) is 2. The van der Waals surface area contributed by atoms with E-state index in [9.17, 15) is 24.8 Å². The van der Waals surface area contributed by atoms with Crippen molar-refractivity contribution in [3.8, 4) is 5.69 Å². The summed E-state index contributed by atoms with van der Waals surface area (Å²) in [5.41, 5.74) is 2.23. The van der Waals surface area contributed by atoms with Gasteiger partial charge in [0.05, 0.1) is 27.9 Å². The number of carboxylic acids is 1. The van der Waals surface area contributed by atoms with Crippen LogP contribution >= 0.6 is 0 Å². The molecule has 4 rings (SSSR count). The Labute approximate surface area is 177 Å². The molecule has 9 heteroatoms. The second kappa shape index (κ2) is 7.94. The molecule has 0 saturated carbocycles. The van der Waals surface area contributed by atoms with Crippen LogP contribution in [0.1, 0.15) is 26.3 Å². The van der Waals surface area contributed by atoms with Gasteiger partial charge in [0.15, 0.2) is 0 Å². The van der Waals surface area contributed by atoms with Crippen molar-refractivity contribution >= 4 is 23.3 Å². The van der Waals surface area contributed by atoms with Gasteiger partial charge in [-0.2, -0.15) is 0 Å². The van der Waals surface area contributed by atoms with Gasteiger partial charge in [-0.3, -0.25) is 14.9 Å². The highest BCUT2D eigenvalue weighted by molar-refractivity contribution is 5.99. The Kier molecular flexibility index (Phi) is 5.16. The molecule has 1 aliphatic rings. The molecule has 0 atom stereocenters. The molecule has 0 spiro atoms. The SMILES string of the molecule is Cc1ccc(C(=O)O)c(-n2cccc2)c1N1CC(NC(=O)c2ccccc2[N+](=O)[O-])C1. The molecule has 2 aromatic carbocycles. The third kappa shape index (κ3) is 3.73. The van der Waals surface area contributed by atoms with Gasteiger partial charge in [0, 0.05) is 31.5 Å². The zero-order valence-electron chi connectivity index (χ0n) is 16.7. The molecule has 158 valence electrons. The van der Waals surface area contributed by atoms with Gasteiger partial charge in [0.1, 0.15) is 5.56 Å². The van der Waals surface area contributed by atoms with Crippen LogP contribution in [0.5, 0.6) is 0 Å². The van der Waals surface area contributed by atoms with Crippen LogP contribution in [0.4, 0.5) is 11.4 Å². The highest BCUT2D eigenvalue weighted by Gasteiger charge is 2.33. The molecule has 0 bridgehead atoms. The summed E-state index contributed by atoms with van der Waals surface area (Å²) in [6, 6.07) is 12.6. The molecule has 2 N–H and O–H groups in total. The summed E-state index contributed by atoms with van der Waals surface area (Å²) in [7, 11) is 0. The molecular weight excluding hydrogens is 400 g/mol. The Morgan fingerprint density at radius 1 is 1.03 bits per heavy atom. The molecule has 9 nitrogen and oxygen atoms in total. The van der Waals surface area contributed by atoms with E-state index in [2.05, 4.69) is 5.32 Å². The monoisotopic (exact) mass is 420 g/mol. The molecule has 1 amide bonds. The predicted molar refractivity (Wildman–Crippen MR) is 114 cm³/mol. The maximum absolute atomic E-state index is 12.6. The zero-order chi connectivity index (χ0) is 22.1. The molecule has 1 aromatic heterocycles. The molecule has 31 heavy (non-hydrogen) atoms. The van der Waals surface area contributed by atoms with Gasteiger partial charge in [-0.1, -0.05) is 18.2 Å². The summed E-state index contributed by atoms with van der Waals surface area (Å²) >= 11 is 0. The highest BCUT2D eigenvalue weighted by atomic mass is 16.6. The van der Waals surface area contributed by atoms with Crippen LogP contribution < -0.4 is 10.2 Å². The average Bonchev–Trinajstić information content (AvgIpc) is 3.24. The number of anilines is 1. The van der Waals surface area contributed by atoms with Crippen LogP contribution in [0, 0.1) is 17.0 Å². The number of aryl methyl sites for hydroxylation is 1. The summed E-state index contributed by atoms with van der Waals surface area (Å²) in [6.45, 7) is 2.84. The second-order valence-corrected chi connectivity index (χ2v) is 7.37.